The maximum Gasteiger partial charge on any atom is 0.193 e. The summed E-state index contributed by atoms with van der Waals surface area (Å²) in [6.07, 6.45) is 0. The van der Waals surface area contributed by atoms with E-state index in [1.165, 1.54) is 0 Å². The second-order valence-electron chi connectivity index (χ2n) is 4.32. The minimum absolute atomic E-state index is 0.292. The molecule has 0 saturated heterocycles. The van der Waals surface area contributed by atoms with E-state index in [2.05, 4.69) is 43.7 Å². The van der Waals surface area contributed by atoms with Crippen molar-refractivity contribution in [2.24, 2.45) is 0 Å². The molecule has 0 aliphatic carbocycles. The zero-order valence-corrected chi connectivity index (χ0v) is 11.7. The predicted molar refractivity (Wildman–Crippen MR) is 64.9 cm³/mol. The SMILES string of the molecule is CC(C)(C)[Si](C)(C)OCC#CI. The van der Waals surface area contributed by atoms with Gasteiger partial charge in [-0.25, -0.2) is 0 Å². The molecule has 70 valence electrons. The monoisotopic (exact) mass is 296 g/mol. The van der Waals surface area contributed by atoms with Crippen molar-refractivity contribution < 1.29 is 4.43 Å². The Morgan fingerprint density at radius 3 is 2.17 bits per heavy atom. The molecule has 0 aromatic heterocycles. The molecule has 0 bridgehead atoms. The highest BCUT2D eigenvalue weighted by molar-refractivity contribution is 14.1. The van der Waals surface area contributed by atoms with E-state index in [0.717, 1.165) is 0 Å². The summed E-state index contributed by atoms with van der Waals surface area (Å²) in [5, 5.41) is 0.292. The molecule has 3 heteroatoms. The molecule has 0 heterocycles. The molecule has 0 aliphatic rings. The van der Waals surface area contributed by atoms with E-state index < -0.39 is 8.32 Å². The van der Waals surface area contributed by atoms with Gasteiger partial charge in [0.1, 0.15) is 0 Å². The summed E-state index contributed by atoms with van der Waals surface area (Å²) in [4.78, 5) is 0. The van der Waals surface area contributed by atoms with E-state index in [0.29, 0.717) is 11.6 Å². The van der Waals surface area contributed by atoms with Crippen LogP contribution in [0.25, 0.3) is 0 Å². The van der Waals surface area contributed by atoms with Crippen LogP contribution < -0.4 is 0 Å². The molecular weight excluding hydrogens is 279 g/mol. The van der Waals surface area contributed by atoms with Crippen molar-refractivity contribution in [3.8, 4) is 9.85 Å². The Bertz CT molecular complexity index is 195. The lowest BCUT2D eigenvalue weighted by Crippen LogP contribution is -2.40. The highest BCUT2D eigenvalue weighted by Crippen LogP contribution is 2.36. The molecule has 0 saturated carbocycles. The van der Waals surface area contributed by atoms with Gasteiger partial charge in [-0.05, 0) is 22.1 Å². The molecule has 0 spiro atoms. The first-order chi connectivity index (χ1) is 5.31. The molecule has 0 rings (SSSR count). The van der Waals surface area contributed by atoms with Crippen LogP contribution in [-0.2, 0) is 4.43 Å². The fourth-order valence-electron chi connectivity index (χ4n) is 0.460. The predicted octanol–water partition coefficient (Wildman–Crippen LogP) is 3.40. The molecule has 0 aromatic rings. The van der Waals surface area contributed by atoms with Crippen LogP contribution in [0.15, 0.2) is 0 Å². The third-order valence-corrected chi connectivity index (χ3v) is 7.24. The van der Waals surface area contributed by atoms with Gasteiger partial charge in [0.15, 0.2) is 8.32 Å². The van der Waals surface area contributed by atoms with Gasteiger partial charge < -0.3 is 4.43 Å². The fraction of sp³-hybridized carbons (Fsp3) is 0.778. The maximum absolute atomic E-state index is 5.79. The van der Waals surface area contributed by atoms with Crippen molar-refractivity contribution in [2.45, 2.75) is 38.9 Å². The first kappa shape index (κ1) is 12.5. The molecule has 0 atom stereocenters. The van der Waals surface area contributed by atoms with Gasteiger partial charge >= 0.3 is 0 Å². The molecule has 0 unspecified atom stereocenters. The lowest BCUT2D eigenvalue weighted by atomic mass is 10.2. The van der Waals surface area contributed by atoms with Crippen LogP contribution in [0, 0.1) is 9.85 Å². The third-order valence-electron chi connectivity index (χ3n) is 2.38. The highest BCUT2D eigenvalue weighted by atomic mass is 127. The van der Waals surface area contributed by atoms with Gasteiger partial charge in [0.25, 0.3) is 0 Å². The zero-order valence-electron chi connectivity index (χ0n) is 8.49. The first-order valence-corrected chi connectivity index (χ1v) is 8.02. The number of hydrogen-bond acceptors (Lipinski definition) is 1. The van der Waals surface area contributed by atoms with Crippen LogP contribution in [-0.4, -0.2) is 14.9 Å². The van der Waals surface area contributed by atoms with Crippen molar-refractivity contribution in [1.82, 2.24) is 0 Å². The van der Waals surface area contributed by atoms with E-state index in [-0.39, 0.29) is 0 Å². The van der Waals surface area contributed by atoms with Crippen LogP contribution in [0.4, 0.5) is 0 Å². The number of halogens is 1. The lowest BCUT2D eigenvalue weighted by Gasteiger charge is -2.35. The zero-order chi connectivity index (χ0) is 9.83. The molecule has 0 amide bonds. The summed E-state index contributed by atoms with van der Waals surface area (Å²) < 4.78 is 8.60. The van der Waals surface area contributed by atoms with E-state index >= 15 is 0 Å². The topological polar surface area (TPSA) is 9.23 Å². The number of rotatable bonds is 2. The van der Waals surface area contributed by atoms with Crippen LogP contribution in [0.2, 0.25) is 18.1 Å². The van der Waals surface area contributed by atoms with E-state index in [1.807, 2.05) is 22.6 Å². The van der Waals surface area contributed by atoms with Gasteiger partial charge in [0.05, 0.1) is 6.61 Å². The third kappa shape index (κ3) is 3.92. The molecular formula is C9H17IOSi. The summed E-state index contributed by atoms with van der Waals surface area (Å²) in [5.74, 6) is 2.93. The minimum atomic E-state index is -1.55. The average Bonchev–Trinajstić information content (AvgIpc) is 1.85. The van der Waals surface area contributed by atoms with Crippen molar-refractivity contribution in [3.05, 3.63) is 0 Å². The van der Waals surface area contributed by atoms with Crippen molar-refractivity contribution in [2.75, 3.05) is 6.61 Å². The van der Waals surface area contributed by atoms with Crippen molar-refractivity contribution >= 4 is 30.9 Å². The lowest BCUT2D eigenvalue weighted by molar-refractivity contribution is 0.334. The van der Waals surface area contributed by atoms with E-state index in [4.69, 9.17) is 4.43 Å². The number of hydrogen-bond donors (Lipinski definition) is 0. The Hall–Kier alpha value is 0.467. The molecule has 0 aliphatic heterocycles. The van der Waals surface area contributed by atoms with Crippen LogP contribution in [0.3, 0.4) is 0 Å². The normalized spacial score (nSPS) is 12.2. The van der Waals surface area contributed by atoms with Gasteiger partial charge in [0.2, 0.25) is 0 Å². The first-order valence-electron chi connectivity index (χ1n) is 4.04. The van der Waals surface area contributed by atoms with Crippen molar-refractivity contribution in [1.29, 1.82) is 0 Å². The second kappa shape index (κ2) is 4.63. The highest BCUT2D eigenvalue weighted by Gasteiger charge is 2.36. The minimum Gasteiger partial charge on any atom is -0.406 e. The molecule has 0 radical (unpaired) electrons. The summed E-state index contributed by atoms with van der Waals surface area (Å²) in [7, 11) is -1.55. The standard InChI is InChI=1S/C9H17IOSi/c1-9(2,3)12(4,5)11-8-6-7-10/h8H2,1-5H3. The van der Waals surface area contributed by atoms with Gasteiger partial charge in [-0.1, -0.05) is 26.7 Å². The second-order valence-corrected chi connectivity index (χ2v) is 9.67. The van der Waals surface area contributed by atoms with Crippen LogP contribution in [0.5, 0.6) is 0 Å². The Balaban J connectivity index is 4.11. The fourth-order valence-corrected chi connectivity index (χ4v) is 1.48. The summed E-state index contributed by atoms with van der Waals surface area (Å²) in [6, 6.07) is 0. The van der Waals surface area contributed by atoms with Crippen LogP contribution in [0.1, 0.15) is 20.8 Å². The molecule has 0 aromatic carbocycles. The average molecular weight is 296 g/mol. The van der Waals surface area contributed by atoms with Gasteiger partial charge in [0, 0.05) is 22.6 Å². The summed E-state index contributed by atoms with van der Waals surface area (Å²) in [6.45, 7) is 11.8. The Kier molecular flexibility index (Phi) is 4.81. The summed E-state index contributed by atoms with van der Waals surface area (Å²) in [5.41, 5.74) is 0. The van der Waals surface area contributed by atoms with Gasteiger partial charge in [-0.2, -0.15) is 0 Å². The molecule has 1 nitrogen and oxygen atoms in total. The quantitative estimate of drug-likeness (QED) is 0.431. The molecule has 0 N–H and O–H groups in total. The smallest absolute Gasteiger partial charge is 0.193 e. The largest absolute Gasteiger partial charge is 0.406 e. The molecule has 0 fully saturated rings. The Labute approximate surface area is 90.5 Å². The van der Waals surface area contributed by atoms with Gasteiger partial charge in [-0.15, -0.1) is 0 Å². The Morgan fingerprint density at radius 2 is 1.83 bits per heavy atom. The molecule has 12 heavy (non-hydrogen) atoms. The van der Waals surface area contributed by atoms with Crippen LogP contribution >= 0.6 is 22.6 Å². The van der Waals surface area contributed by atoms with E-state index in [1.54, 1.807) is 0 Å². The van der Waals surface area contributed by atoms with Crippen molar-refractivity contribution in [3.63, 3.8) is 0 Å². The van der Waals surface area contributed by atoms with Gasteiger partial charge in [-0.3, -0.25) is 0 Å². The van der Waals surface area contributed by atoms with E-state index in [9.17, 15) is 0 Å². The Morgan fingerprint density at radius 1 is 1.33 bits per heavy atom. The maximum atomic E-state index is 5.79. The summed E-state index contributed by atoms with van der Waals surface area (Å²) >= 11 is 2.03.